The maximum Gasteiger partial charge on any atom is 0.243 e. The van der Waals surface area contributed by atoms with Crippen molar-refractivity contribution in [3.63, 3.8) is 0 Å². The molecule has 2 heterocycles. The highest BCUT2D eigenvalue weighted by Gasteiger charge is 2.24. The van der Waals surface area contributed by atoms with E-state index in [9.17, 15) is 9.59 Å². The molecule has 0 aliphatic carbocycles. The van der Waals surface area contributed by atoms with Crippen molar-refractivity contribution >= 4 is 35.4 Å². The average molecular weight is 416 g/mol. The van der Waals surface area contributed by atoms with Crippen molar-refractivity contribution in [1.82, 2.24) is 25.4 Å². The van der Waals surface area contributed by atoms with Crippen LogP contribution in [0.15, 0.2) is 47.8 Å². The van der Waals surface area contributed by atoms with Crippen molar-refractivity contribution in [3.8, 4) is 10.7 Å². The van der Waals surface area contributed by atoms with Gasteiger partial charge in [0.25, 0.3) is 0 Å². The maximum absolute atomic E-state index is 12.7. The Labute approximate surface area is 171 Å². The first kappa shape index (κ1) is 20.0. The van der Waals surface area contributed by atoms with Crippen LogP contribution in [-0.2, 0) is 16.1 Å². The number of rotatable bonds is 7. The van der Waals surface area contributed by atoms with Crippen LogP contribution < -0.4 is 10.6 Å². The zero-order valence-corrected chi connectivity index (χ0v) is 17.1. The Hall–Kier alpha value is -2.78. The van der Waals surface area contributed by atoms with Gasteiger partial charge in [-0.15, -0.1) is 11.3 Å². The molecule has 0 radical (unpaired) electrons. The standard InChI is InChI=1S/C19H21N5O2S2/c1-12(17(25)20-11-14-7-4-3-5-8-14)21-18(26)13(2)24-16(22-23-19(24)27)15-9-6-10-28-15/h3-10,12-13H,11H2,1-2H3,(H,20,25)(H,21,26)(H,23,27). The van der Waals surface area contributed by atoms with Gasteiger partial charge in [-0.1, -0.05) is 36.4 Å². The van der Waals surface area contributed by atoms with Crippen LogP contribution in [-0.4, -0.2) is 32.6 Å². The molecule has 3 N–H and O–H groups in total. The van der Waals surface area contributed by atoms with Gasteiger partial charge in [-0.05, 0) is 43.1 Å². The number of hydrogen-bond acceptors (Lipinski definition) is 5. The minimum Gasteiger partial charge on any atom is -0.350 e. The third-order valence-electron chi connectivity index (χ3n) is 4.27. The van der Waals surface area contributed by atoms with Crippen LogP contribution in [0.5, 0.6) is 0 Å². The van der Waals surface area contributed by atoms with E-state index >= 15 is 0 Å². The molecule has 3 aromatic rings. The summed E-state index contributed by atoms with van der Waals surface area (Å²) < 4.78 is 2.01. The zero-order valence-electron chi connectivity index (χ0n) is 15.5. The predicted molar refractivity (Wildman–Crippen MR) is 111 cm³/mol. The van der Waals surface area contributed by atoms with Crippen LogP contribution in [0, 0.1) is 4.77 Å². The summed E-state index contributed by atoms with van der Waals surface area (Å²) in [4.78, 5) is 25.9. The van der Waals surface area contributed by atoms with Gasteiger partial charge in [-0.3, -0.25) is 19.3 Å². The Morgan fingerprint density at radius 2 is 1.93 bits per heavy atom. The Balaban J connectivity index is 1.63. The van der Waals surface area contributed by atoms with E-state index in [1.807, 2.05) is 47.8 Å². The topological polar surface area (TPSA) is 91.8 Å². The van der Waals surface area contributed by atoms with E-state index in [0.717, 1.165) is 10.4 Å². The predicted octanol–water partition coefficient (Wildman–Crippen LogP) is 3.05. The van der Waals surface area contributed by atoms with Crippen LogP contribution in [0.4, 0.5) is 0 Å². The van der Waals surface area contributed by atoms with Gasteiger partial charge in [0.2, 0.25) is 11.8 Å². The molecule has 2 aromatic heterocycles. The molecular formula is C19H21N5O2S2. The third kappa shape index (κ3) is 4.55. The molecule has 146 valence electrons. The van der Waals surface area contributed by atoms with Crippen LogP contribution in [0.2, 0.25) is 0 Å². The van der Waals surface area contributed by atoms with E-state index < -0.39 is 12.1 Å². The summed E-state index contributed by atoms with van der Waals surface area (Å²) in [6, 6.07) is 12.1. The first-order valence-corrected chi connectivity index (χ1v) is 10.1. The molecule has 0 spiro atoms. The van der Waals surface area contributed by atoms with Gasteiger partial charge in [-0.25, -0.2) is 0 Å². The Bertz CT molecular complexity index is 995. The van der Waals surface area contributed by atoms with Gasteiger partial charge in [0.05, 0.1) is 4.88 Å². The summed E-state index contributed by atoms with van der Waals surface area (Å²) in [5.41, 5.74) is 0.994. The summed E-state index contributed by atoms with van der Waals surface area (Å²) in [6.45, 7) is 3.79. The van der Waals surface area contributed by atoms with Gasteiger partial charge in [0.1, 0.15) is 12.1 Å². The highest BCUT2D eigenvalue weighted by Crippen LogP contribution is 2.25. The SMILES string of the molecule is CC(NC(=O)C(C)n1c(-c2cccs2)n[nH]c1=S)C(=O)NCc1ccccc1. The molecule has 28 heavy (non-hydrogen) atoms. The minimum absolute atomic E-state index is 0.251. The number of aromatic nitrogens is 3. The van der Waals surface area contributed by atoms with Crippen LogP contribution >= 0.6 is 23.6 Å². The molecule has 0 bridgehead atoms. The number of amides is 2. The molecule has 1 aromatic carbocycles. The molecular weight excluding hydrogens is 394 g/mol. The van der Waals surface area contributed by atoms with Crippen molar-refractivity contribution in [1.29, 1.82) is 0 Å². The monoisotopic (exact) mass is 415 g/mol. The van der Waals surface area contributed by atoms with E-state index in [4.69, 9.17) is 12.2 Å². The minimum atomic E-state index is -0.676. The average Bonchev–Trinajstić information content (AvgIpc) is 3.35. The highest BCUT2D eigenvalue weighted by molar-refractivity contribution is 7.71. The molecule has 2 atom stereocenters. The van der Waals surface area contributed by atoms with E-state index in [2.05, 4.69) is 20.8 Å². The summed E-state index contributed by atoms with van der Waals surface area (Å²) >= 11 is 6.80. The first-order chi connectivity index (χ1) is 13.5. The van der Waals surface area contributed by atoms with Crippen molar-refractivity contribution in [2.75, 3.05) is 0 Å². The molecule has 0 aliphatic heterocycles. The molecule has 7 nitrogen and oxygen atoms in total. The Morgan fingerprint density at radius 3 is 2.61 bits per heavy atom. The molecule has 3 rings (SSSR count). The van der Waals surface area contributed by atoms with E-state index in [0.29, 0.717) is 17.1 Å². The van der Waals surface area contributed by atoms with Crippen molar-refractivity contribution in [3.05, 3.63) is 58.2 Å². The number of thiophene rings is 1. The van der Waals surface area contributed by atoms with Gasteiger partial charge in [0.15, 0.2) is 10.6 Å². The maximum atomic E-state index is 12.7. The lowest BCUT2D eigenvalue weighted by Gasteiger charge is -2.19. The second-order valence-electron chi connectivity index (χ2n) is 6.31. The molecule has 0 saturated carbocycles. The largest absolute Gasteiger partial charge is 0.350 e. The summed E-state index contributed by atoms with van der Waals surface area (Å²) in [7, 11) is 0. The number of aromatic amines is 1. The molecule has 0 fully saturated rings. The lowest BCUT2D eigenvalue weighted by Crippen LogP contribution is -2.46. The summed E-state index contributed by atoms with van der Waals surface area (Å²) in [6.07, 6.45) is 0. The zero-order chi connectivity index (χ0) is 20.1. The summed E-state index contributed by atoms with van der Waals surface area (Å²) in [5, 5.41) is 14.5. The van der Waals surface area contributed by atoms with Crippen LogP contribution in [0.1, 0.15) is 25.5 Å². The van der Waals surface area contributed by atoms with Gasteiger partial charge in [-0.2, -0.15) is 5.10 Å². The fraction of sp³-hybridized carbons (Fsp3) is 0.263. The quantitative estimate of drug-likeness (QED) is 0.517. The van der Waals surface area contributed by atoms with E-state index in [-0.39, 0.29) is 11.8 Å². The van der Waals surface area contributed by atoms with Gasteiger partial charge >= 0.3 is 0 Å². The number of carbonyl (C=O) groups is 2. The van der Waals surface area contributed by atoms with E-state index in [1.165, 1.54) is 11.3 Å². The highest BCUT2D eigenvalue weighted by atomic mass is 32.1. The summed E-state index contributed by atoms with van der Waals surface area (Å²) in [5.74, 6) is 0.0418. The van der Waals surface area contributed by atoms with Crippen molar-refractivity contribution < 1.29 is 9.59 Å². The number of nitrogens with zero attached hydrogens (tertiary/aromatic N) is 2. The lowest BCUT2D eigenvalue weighted by atomic mass is 10.2. The van der Waals surface area contributed by atoms with Gasteiger partial charge in [0, 0.05) is 6.54 Å². The number of carbonyl (C=O) groups excluding carboxylic acids is 2. The Morgan fingerprint density at radius 1 is 1.18 bits per heavy atom. The second kappa shape index (κ2) is 8.94. The normalized spacial score (nSPS) is 12.9. The van der Waals surface area contributed by atoms with Crippen LogP contribution in [0.25, 0.3) is 10.7 Å². The second-order valence-corrected chi connectivity index (χ2v) is 7.64. The van der Waals surface area contributed by atoms with Crippen molar-refractivity contribution in [2.45, 2.75) is 32.5 Å². The smallest absolute Gasteiger partial charge is 0.243 e. The number of H-pyrrole nitrogens is 1. The fourth-order valence-electron chi connectivity index (χ4n) is 2.70. The molecule has 0 saturated heterocycles. The molecule has 2 unspecified atom stereocenters. The third-order valence-corrected chi connectivity index (χ3v) is 5.43. The molecule has 9 heteroatoms. The first-order valence-electron chi connectivity index (χ1n) is 8.80. The number of nitrogens with one attached hydrogen (secondary N) is 3. The van der Waals surface area contributed by atoms with Crippen LogP contribution in [0.3, 0.4) is 0 Å². The molecule has 2 amide bonds. The van der Waals surface area contributed by atoms with E-state index in [1.54, 1.807) is 18.4 Å². The van der Waals surface area contributed by atoms with Gasteiger partial charge < -0.3 is 10.6 Å². The molecule has 0 aliphatic rings. The lowest BCUT2D eigenvalue weighted by molar-refractivity contribution is -0.130. The number of benzene rings is 1. The number of hydrogen-bond donors (Lipinski definition) is 3. The fourth-order valence-corrected chi connectivity index (χ4v) is 3.70. The van der Waals surface area contributed by atoms with Crippen molar-refractivity contribution in [2.24, 2.45) is 0 Å². The Kier molecular flexibility index (Phi) is 6.37.